The molecule has 0 bridgehead atoms. The van der Waals surface area contributed by atoms with Gasteiger partial charge in [0, 0.05) is 0 Å². The molecule has 6 heteroatoms. The zero-order chi connectivity index (χ0) is 17.0. The van der Waals surface area contributed by atoms with Crippen LogP contribution in [-0.4, -0.2) is 30.3 Å². The van der Waals surface area contributed by atoms with Crippen LogP contribution in [-0.2, 0) is 11.2 Å². The van der Waals surface area contributed by atoms with Gasteiger partial charge in [0.05, 0.1) is 7.11 Å². The molecule has 0 aliphatic heterocycles. The number of rotatable bonds is 7. The highest BCUT2D eigenvalue weighted by molar-refractivity contribution is 5.64. The molecule has 1 rings (SSSR count). The van der Waals surface area contributed by atoms with E-state index in [1.807, 2.05) is 6.92 Å². The molecule has 0 amide bonds. The first-order valence-corrected chi connectivity index (χ1v) is 7.15. The molecule has 2 atom stereocenters. The fourth-order valence-corrected chi connectivity index (χ4v) is 2.62. The Morgan fingerprint density at radius 1 is 1.32 bits per heavy atom. The standard InChI is InChI=1S/C16H21F3O3/c1-4-11(9-15(21,10-20)16(17,18)19)13-7-6-8-14(22-3)12(13)5-2/h6-8,10-11,21H,4-5,9H2,1-3H3. The average Bonchev–Trinajstić information content (AvgIpc) is 2.50. The van der Waals surface area contributed by atoms with Crippen molar-refractivity contribution in [2.45, 2.75) is 50.8 Å². The summed E-state index contributed by atoms with van der Waals surface area (Å²) in [7, 11) is 1.50. The normalized spacial score (nSPS) is 16.0. The zero-order valence-electron chi connectivity index (χ0n) is 12.9. The molecule has 0 aliphatic rings. The lowest BCUT2D eigenvalue weighted by atomic mass is 9.82. The number of carbonyl (C=O) groups is 1. The highest BCUT2D eigenvalue weighted by atomic mass is 19.4. The van der Waals surface area contributed by atoms with Crippen LogP contribution in [0.5, 0.6) is 5.75 Å². The van der Waals surface area contributed by atoms with Crippen LogP contribution in [0.25, 0.3) is 0 Å². The van der Waals surface area contributed by atoms with Crippen molar-refractivity contribution in [1.82, 2.24) is 0 Å². The minimum Gasteiger partial charge on any atom is -0.496 e. The summed E-state index contributed by atoms with van der Waals surface area (Å²) in [5.74, 6) is 0.00183. The van der Waals surface area contributed by atoms with Gasteiger partial charge in [0.25, 0.3) is 0 Å². The van der Waals surface area contributed by atoms with E-state index in [-0.39, 0.29) is 0 Å². The number of alkyl halides is 3. The first-order valence-electron chi connectivity index (χ1n) is 7.15. The Morgan fingerprint density at radius 2 is 1.95 bits per heavy atom. The topological polar surface area (TPSA) is 46.5 Å². The number of halogens is 3. The molecule has 2 unspecified atom stereocenters. The molecule has 1 aromatic carbocycles. The summed E-state index contributed by atoms with van der Waals surface area (Å²) in [6.07, 6.45) is -5.15. The number of ether oxygens (including phenoxy) is 1. The van der Waals surface area contributed by atoms with Gasteiger partial charge in [-0.1, -0.05) is 26.0 Å². The third kappa shape index (κ3) is 3.61. The van der Waals surface area contributed by atoms with E-state index in [0.29, 0.717) is 24.2 Å². The quantitative estimate of drug-likeness (QED) is 0.781. The Labute approximate surface area is 128 Å². The monoisotopic (exact) mass is 318 g/mol. The first kappa shape index (κ1) is 18.5. The van der Waals surface area contributed by atoms with Gasteiger partial charge in [-0.25, -0.2) is 0 Å². The van der Waals surface area contributed by atoms with Crippen LogP contribution >= 0.6 is 0 Å². The fourth-order valence-electron chi connectivity index (χ4n) is 2.62. The van der Waals surface area contributed by atoms with E-state index in [9.17, 15) is 23.1 Å². The van der Waals surface area contributed by atoms with E-state index in [2.05, 4.69) is 0 Å². The third-order valence-electron chi connectivity index (χ3n) is 3.92. The van der Waals surface area contributed by atoms with Gasteiger partial charge < -0.3 is 9.84 Å². The van der Waals surface area contributed by atoms with Crippen molar-refractivity contribution < 1.29 is 27.8 Å². The van der Waals surface area contributed by atoms with Gasteiger partial charge in [0.2, 0.25) is 5.60 Å². The van der Waals surface area contributed by atoms with Crippen LogP contribution in [0.1, 0.15) is 43.7 Å². The number of aliphatic hydroxyl groups is 1. The predicted octanol–water partition coefficient (Wildman–Crippen LogP) is 3.63. The molecule has 0 aromatic heterocycles. The van der Waals surface area contributed by atoms with Crippen LogP contribution < -0.4 is 4.74 Å². The summed E-state index contributed by atoms with van der Waals surface area (Å²) in [4.78, 5) is 10.8. The molecule has 3 nitrogen and oxygen atoms in total. The second-order valence-electron chi connectivity index (χ2n) is 5.23. The molecule has 0 aliphatic carbocycles. The summed E-state index contributed by atoms with van der Waals surface area (Å²) in [6.45, 7) is 3.61. The van der Waals surface area contributed by atoms with Gasteiger partial charge >= 0.3 is 6.18 Å². The van der Waals surface area contributed by atoms with Crippen molar-refractivity contribution in [2.24, 2.45) is 0 Å². The number of methoxy groups -OCH3 is 1. The van der Waals surface area contributed by atoms with E-state index < -0.39 is 30.4 Å². The van der Waals surface area contributed by atoms with Crippen LogP contribution in [0.4, 0.5) is 13.2 Å². The Balaban J connectivity index is 3.25. The second-order valence-corrected chi connectivity index (χ2v) is 5.23. The largest absolute Gasteiger partial charge is 0.496 e. The Hall–Kier alpha value is -1.56. The number of carbonyl (C=O) groups excluding carboxylic acids is 1. The third-order valence-corrected chi connectivity index (χ3v) is 3.92. The molecule has 22 heavy (non-hydrogen) atoms. The van der Waals surface area contributed by atoms with Crippen molar-refractivity contribution in [3.63, 3.8) is 0 Å². The molecule has 124 valence electrons. The van der Waals surface area contributed by atoms with Gasteiger partial charge in [0.1, 0.15) is 5.75 Å². The van der Waals surface area contributed by atoms with Gasteiger partial charge in [-0.05, 0) is 42.4 Å². The second kappa shape index (κ2) is 7.13. The molecular formula is C16H21F3O3. The van der Waals surface area contributed by atoms with E-state index >= 15 is 0 Å². The maximum absolute atomic E-state index is 12.9. The van der Waals surface area contributed by atoms with Crippen LogP contribution in [0, 0.1) is 0 Å². The van der Waals surface area contributed by atoms with Crippen molar-refractivity contribution in [2.75, 3.05) is 7.11 Å². The first-order chi connectivity index (χ1) is 10.2. The predicted molar refractivity (Wildman–Crippen MR) is 77.1 cm³/mol. The Bertz CT molecular complexity index is 514. The van der Waals surface area contributed by atoms with Gasteiger partial charge in [-0.3, -0.25) is 4.79 Å². The molecule has 0 spiro atoms. The number of benzene rings is 1. The minimum atomic E-state index is -4.99. The average molecular weight is 318 g/mol. The van der Waals surface area contributed by atoms with E-state index in [4.69, 9.17) is 4.74 Å². The Kier molecular flexibility index (Phi) is 6.00. The van der Waals surface area contributed by atoms with Gasteiger partial charge in [0.15, 0.2) is 6.29 Å². The molecule has 1 aromatic rings. The maximum Gasteiger partial charge on any atom is 0.424 e. The molecule has 0 fully saturated rings. The molecular weight excluding hydrogens is 297 g/mol. The van der Waals surface area contributed by atoms with Crippen molar-refractivity contribution in [3.05, 3.63) is 29.3 Å². The highest BCUT2D eigenvalue weighted by Gasteiger charge is 2.54. The van der Waals surface area contributed by atoms with E-state index in [0.717, 1.165) is 5.56 Å². The summed E-state index contributed by atoms with van der Waals surface area (Å²) in [6, 6.07) is 5.16. The summed E-state index contributed by atoms with van der Waals surface area (Å²) in [5.41, 5.74) is -1.86. The van der Waals surface area contributed by atoms with E-state index in [1.54, 1.807) is 25.1 Å². The summed E-state index contributed by atoms with van der Waals surface area (Å²) in [5, 5.41) is 9.69. The van der Waals surface area contributed by atoms with Crippen LogP contribution in [0.15, 0.2) is 18.2 Å². The zero-order valence-corrected chi connectivity index (χ0v) is 12.9. The summed E-state index contributed by atoms with van der Waals surface area (Å²) >= 11 is 0. The number of hydrogen-bond donors (Lipinski definition) is 1. The molecule has 0 radical (unpaired) electrons. The molecule has 1 N–H and O–H groups in total. The van der Waals surface area contributed by atoms with Crippen LogP contribution in [0.3, 0.4) is 0 Å². The van der Waals surface area contributed by atoms with Crippen molar-refractivity contribution >= 4 is 6.29 Å². The van der Waals surface area contributed by atoms with Gasteiger partial charge in [-0.15, -0.1) is 0 Å². The van der Waals surface area contributed by atoms with Gasteiger partial charge in [-0.2, -0.15) is 13.2 Å². The smallest absolute Gasteiger partial charge is 0.424 e. The lowest BCUT2D eigenvalue weighted by Crippen LogP contribution is -2.47. The summed E-state index contributed by atoms with van der Waals surface area (Å²) < 4.78 is 44.1. The SMILES string of the molecule is CCc1c(OC)cccc1C(CC)CC(O)(C=O)C(F)(F)F. The van der Waals surface area contributed by atoms with Crippen molar-refractivity contribution in [3.8, 4) is 5.75 Å². The van der Waals surface area contributed by atoms with Crippen molar-refractivity contribution in [1.29, 1.82) is 0 Å². The number of aldehydes is 1. The highest BCUT2D eigenvalue weighted by Crippen LogP contribution is 2.40. The lowest BCUT2D eigenvalue weighted by molar-refractivity contribution is -0.247. The molecule has 0 saturated carbocycles. The number of hydrogen-bond acceptors (Lipinski definition) is 3. The minimum absolute atomic E-state index is 0.367. The Morgan fingerprint density at radius 3 is 2.36 bits per heavy atom. The maximum atomic E-state index is 12.9. The fraction of sp³-hybridized carbons (Fsp3) is 0.562. The van der Waals surface area contributed by atoms with E-state index in [1.165, 1.54) is 7.11 Å². The molecule has 0 heterocycles. The molecule has 0 saturated heterocycles. The van der Waals surface area contributed by atoms with Crippen LogP contribution in [0.2, 0.25) is 0 Å². The lowest BCUT2D eigenvalue weighted by Gasteiger charge is -2.30.